The zero-order chi connectivity index (χ0) is 12.8. The Bertz CT molecular complexity index is 496. The van der Waals surface area contributed by atoms with E-state index in [4.69, 9.17) is 5.73 Å². The molecule has 2 aromatic rings. The van der Waals surface area contributed by atoms with Gasteiger partial charge in [0, 0.05) is 24.0 Å². The highest BCUT2D eigenvalue weighted by Gasteiger charge is 2.11. The summed E-state index contributed by atoms with van der Waals surface area (Å²) < 4.78 is 0. The van der Waals surface area contributed by atoms with Crippen molar-refractivity contribution in [3.8, 4) is 0 Å². The first kappa shape index (κ1) is 12.1. The molecule has 1 atom stereocenters. The standard InChI is InChI=1S/C14H15N3O/c15-12-6-4-11(5-7-12)14(17-10-18)9-13-3-1-2-8-16-13/h1-8,10,14H,9,15H2,(H,17,18). The van der Waals surface area contributed by atoms with E-state index in [0.29, 0.717) is 18.5 Å². The van der Waals surface area contributed by atoms with Gasteiger partial charge in [-0.1, -0.05) is 18.2 Å². The maximum atomic E-state index is 10.7. The van der Waals surface area contributed by atoms with E-state index in [-0.39, 0.29) is 6.04 Å². The number of carbonyl (C=O) groups is 1. The molecule has 0 radical (unpaired) electrons. The average Bonchev–Trinajstić information content (AvgIpc) is 2.40. The predicted molar refractivity (Wildman–Crippen MR) is 70.7 cm³/mol. The summed E-state index contributed by atoms with van der Waals surface area (Å²) in [7, 11) is 0. The lowest BCUT2D eigenvalue weighted by Crippen LogP contribution is -2.22. The molecule has 1 aromatic heterocycles. The lowest BCUT2D eigenvalue weighted by molar-refractivity contribution is -0.110. The Morgan fingerprint density at radius 1 is 1.22 bits per heavy atom. The van der Waals surface area contributed by atoms with Crippen LogP contribution in [0.4, 0.5) is 5.69 Å². The van der Waals surface area contributed by atoms with Gasteiger partial charge in [-0.3, -0.25) is 9.78 Å². The van der Waals surface area contributed by atoms with Crippen molar-refractivity contribution in [3.05, 3.63) is 59.9 Å². The van der Waals surface area contributed by atoms with Crippen LogP contribution in [0, 0.1) is 0 Å². The molecule has 0 saturated carbocycles. The number of rotatable bonds is 5. The van der Waals surface area contributed by atoms with Gasteiger partial charge in [-0.15, -0.1) is 0 Å². The van der Waals surface area contributed by atoms with E-state index in [1.807, 2.05) is 42.5 Å². The van der Waals surface area contributed by atoms with Gasteiger partial charge in [0.15, 0.2) is 0 Å². The minimum Gasteiger partial charge on any atom is -0.399 e. The van der Waals surface area contributed by atoms with Crippen molar-refractivity contribution >= 4 is 12.1 Å². The van der Waals surface area contributed by atoms with Crippen LogP contribution in [0.1, 0.15) is 17.3 Å². The zero-order valence-electron chi connectivity index (χ0n) is 9.91. The first-order valence-electron chi connectivity index (χ1n) is 5.74. The molecule has 0 saturated heterocycles. The molecule has 3 N–H and O–H groups in total. The molecule has 1 amide bonds. The van der Waals surface area contributed by atoms with Crippen molar-refractivity contribution in [2.45, 2.75) is 12.5 Å². The fraction of sp³-hybridized carbons (Fsp3) is 0.143. The summed E-state index contributed by atoms with van der Waals surface area (Å²) in [5, 5.41) is 2.81. The Morgan fingerprint density at radius 3 is 2.61 bits per heavy atom. The molecule has 2 rings (SSSR count). The van der Waals surface area contributed by atoms with Crippen LogP contribution >= 0.6 is 0 Å². The van der Waals surface area contributed by atoms with Crippen molar-refractivity contribution < 1.29 is 4.79 Å². The number of carbonyl (C=O) groups excluding carboxylic acids is 1. The smallest absolute Gasteiger partial charge is 0.207 e. The molecule has 4 nitrogen and oxygen atoms in total. The molecule has 0 aliphatic rings. The Morgan fingerprint density at radius 2 is 2.00 bits per heavy atom. The molecule has 0 spiro atoms. The van der Waals surface area contributed by atoms with Gasteiger partial charge in [0.25, 0.3) is 0 Å². The quantitative estimate of drug-likeness (QED) is 0.618. The fourth-order valence-corrected chi connectivity index (χ4v) is 1.81. The van der Waals surface area contributed by atoms with Gasteiger partial charge in [0.2, 0.25) is 6.41 Å². The van der Waals surface area contributed by atoms with E-state index in [9.17, 15) is 4.79 Å². The van der Waals surface area contributed by atoms with Gasteiger partial charge in [-0.25, -0.2) is 0 Å². The Hall–Kier alpha value is -2.36. The summed E-state index contributed by atoms with van der Waals surface area (Å²) >= 11 is 0. The van der Waals surface area contributed by atoms with Crippen LogP contribution in [0.2, 0.25) is 0 Å². The van der Waals surface area contributed by atoms with E-state index in [0.717, 1.165) is 11.3 Å². The normalized spacial score (nSPS) is 11.8. The van der Waals surface area contributed by atoms with Crippen molar-refractivity contribution in [1.82, 2.24) is 10.3 Å². The number of nitrogens with zero attached hydrogens (tertiary/aromatic N) is 1. The molecule has 0 fully saturated rings. The Labute approximate surface area is 106 Å². The highest BCUT2D eigenvalue weighted by Crippen LogP contribution is 2.18. The summed E-state index contributed by atoms with van der Waals surface area (Å²) in [5.74, 6) is 0. The fourth-order valence-electron chi connectivity index (χ4n) is 1.81. The zero-order valence-corrected chi connectivity index (χ0v) is 9.91. The van der Waals surface area contributed by atoms with Crippen LogP contribution in [0.25, 0.3) is 0 Å². The highest BCUT2D eigenvalue weighted by molar-refractivity contribution is 5.49. The number of nitrogen functional groups attached to an aromatic ring is 1. The highest BCUT2D eigenvalue weighted by atomic mass is 16.1. The number of hydrogen-bond acceptors (Lipinski definition) is 3. The van der Waals surface area contributed by atoms with Crippen molar-refractivity contribution in [1.29, 1.82) is 0 Å². The number of benzene rings is 1. The monoisotopic (exact) mass is 241 g/mol. The molecule has 92 valence electrons. The van der Waals surface area contributed by atoms with E-state index < -0.39 is 0 Å². The third-order valence-corrected chi connectivity index (χ3v) is 2.75. The number of anilines is 1. The summed E-state index contributed by atoms with van der Waals surface area (Å²) in [4.78, 5) is 15.0. The van der Waals surface area contributed by atoms with Crippen LogP contribution in [0.5, 0.6) is 0 Å². The largest absolute Gasteiger partial charge is 0.399 e. The number of pyridine rings is 1. The molecular formula is C14H15N3O. The van der Waals surface area contributed by atoms with Crippen LogP contribution in [-0.4, -0.2) is 11.4 Å². The van der Waals surface area contributed by atoms with Crippen LogP contribution in [0.15, 0.2) is 48.7 Å². The van der Waals surface area contributed by atoms with Gasteiger partial charge in [0.1, 0.15) is 0 Å². The first-order valence-corrected chi connectivity index (χ1v) is 5.74. The second-order valence-electron chi connectivity index (χ2n) is 4.03. The molecule has 4 heteroatoms. The summed E-state index contributed by atoms with van der Waals surface area (Å²) in [6, 6.07) is 13.1. The summed E-state index contributed by atoms with van der Waals surface area (Å²) in [5.41, 5.74) is 8.32. The van der Waals surface area contributed by atoms with Crippen molar-refractivity contribution in [2.24, 2.45) is 0 Å². The van der Waals surface area contributed by atoms with Gasteiger partial charge in [0.05, 0.1) is 6.04 Å². The predicted octanol–water partition coefficient (Wildman–Crippen LogP) is 1.69. The van der Waals surface area contributed by atoms with Gasteiger partial charge in [-0.05, 0) is 29.8 Å². The second kappa shape index (κ2) is 5.82. The molecule has 18 heavy (non-hydrogen) atoms. The van der Waals surface area contributed by atoms with Gasteiger partial charge in [-0.2, -0.15) is 0 Å². The molecule has 0 bridgehead atoms. The first-order chi connectivity index (χ1) is 8.79. The maximum absolute atomic E-state index is 10.7. The molecule has 1 unspecified atom stereocenters. The van der Waals surface area contributed by atoms with Crippen LogP contribution in [0.3, 0.4) is 0 Å². The van der Waals surface area contributed by atoms with E-state index in [1.165, 1.54) is 0 Å². The van der Waals surface area contributed by atoms with E-state index in [2.05, 4.69) is 10.3 Å². The number of hydrogen-bond donors (Lipinski definition) is 2. The summed E-state index contributed by atoms with van der Waals surface area (Å²) in [6.45, 7) is 0. The van der Waals surface area contributed by atoms with Crippen LogP contribution < -0.4 is 11.1 Å². The molecule has 0 aliphatic carbocycles. The van der Waals surface area contributed by atoms with E-state index >= 15 is 0 Å². The third kappa shape index (κ3) is 3.07. The number of nitrogens with one attached hydrogen (secondary N) is 1. The lowest BCUT2D eigenvalue weighted by atomic mass is 10.0. The number of amides is 1. The SMILES string of the molecule is Nc1ccc(C(Cc2ccccn2)NC=O)cc1. The van der Waals surface area contributed by atoms with Gasteiger partial charge >= 0.3 is 0 Å². The van der Waals surface area contributed by atoms with Crippen molar-refractivity contribution in [3.63, 3.8) is 0 Å². The Kier molecular flexibility index (Phi) is 3.91. The maximum Gasteiger partial charge on any atom is 0.207 e. The molecule has 0 aliphatic heterocycles. The topological polar surface area (TPSA) is 68.0 Å². The Balaban J connectivity index is 2.18. The second-order valence-corrected chi connectivity index (χ2v) is 4.03. The minimum absolute atomic E-state index is 0.0852. The third-order valence-electron chi connectivity index (χ3n) is 2.75. The summed E-state index contributed by atoms with van der Waals surface area (Å²) in [6.07, 6.45) is 3.11. The molecule has 1 aromatic carbocycles. The lowest BCUT2D eigenvalue weighted by Gasteiger charge is -2.16. The van der Waals surface area contributed by atoms with Crippen molar-refractivity contribution in [2.75, 3.05) is 5.73 Å². The van der Waals surface area contributed by atoms with Gasteiger partial charge < -0.3 is 11.1 Å². The minimum atomic E-state index is -0.0852. The molecule has 1 heterocycles. The van der Waals surface area contributed by atoms with E-state index in [1.54, 1.807) is 6.20 Å². The number of nitrogens with two attached hydrogens (primary N) is 1. The average molecular weight is 241 g/mol. The van der Waals surface area contributed by atoms with Crippen LogP contribution in [-0.2, 0) is 11.2 Å². The number of aromatic nitrogens is 1. The molecular weight excluding hydrogens is 226 g/mol.